The van der Waals surface area contributed by atoms with E-state index in [0.717, 1.165) is 55.2 Å². The first-order valence-corrected chi connectivity index (χ1v) is 11.0. The standard InChI is InChI=1S/C29H19N5/c1-3-23(20-7-13-30-14-8-20)27-19-28-24(21-9-15-31-16-10-21)4-2-6-26(28)29(25(27)5-1)34-33-22-11-17-32-18-12-22/h1-19H/b34-33+. The molecule has 5 heteroatoms. The Morgan fingerprint density at radius 2 is 0.912 bits per heavy atom. The SMILES string of the molecule is c1cc(-c2ccncc2)c2cc3c(-c4ccncc4)cccc3c(/N=N/c3ccncc3)c2c1. The van der Waals surface area contributed by atoms with Gasteiger partial charge in [0.15, 0.2) is 0 Å². The molecule has 3 aromatic heterocycles. The van der Waals surface area contributed by atoms with E-state index >= 15 is 0 Å². The first-order valence-electron chi connectivity index (χ1n) is 11.0. The van der Waals surface area contributed by atoms with Gasteiger partial charge in [-0.1, -0.05) is 36.4 Å². The Kier molecular flexibility index (Phi) is 5.05. The van der Waals surface area contributed by atoms with Crippen LogP contribution in [0.3, 0.4) is 0 Å². The third-order valence-electron chi connectivity index (χ3n) is 5.92. The minimum Gasteiger partial charge on any atom is -0.265 e. The molecule has 3 aromatic carbocycles. The highest BCUT2D eigenvalue weighted by molar-refractivity contribution is 6.16. The van der Waals surface area contributed by atoms with Crippen LogP contribution in [0.25, 0.3) is 43.8 Å². The van der Waals surface area contributed by atoms with Gasteiger partial charge in [-0.25, -0.2) is 0 Å². The smallest absolute Gasteiger partial charge is 0.101 e. The Morgan fingerprint density at radius 1 is 0.441 bits per heavy atom. The average molecular weight is 438 g/mol. The molecule has 0 bridgehead atoms. The van der Waals surface area contributed by atoms with E-state index in [0.29, 0.717) is 0 Å². The number of hydrogen-bond acceptors (Lipinski definition) is 5. The summed E-state index contributed by atoms with van der Waals surface area (Å²) in [6, 6.07) is 26.7. The molecule has 6 rings (SSSR count). The van der Waals surface area contributed by atoms with E-state index < -0.39 is 0 Å². The number of hydrogen-bond donors (Lipinski definition) is 0. The second-order valence-electron chi connectivity index (χ2n) is 7.90. The van der Waals surface area contributed by atoms with Gasteiger partial charge in [-0.05, 0) is 75.5 Å². The molecule has 0 amide bonds. The number of rotatable bonds is 4. The summed E-state index contributed by atoms with van der Waals surface area (Å²) in [5.74, 6) is 0. The predicted molar refractivity (Wildman–Crippen MR) is 136 cm³/mol. The van der Waals surface area contributed by atoms with Crippen molar-refractivity contribution in [1.29, 1.82) is 0 Å². The van der Waals surface area contributed by atoms with Gasteiger partial charge in [-0.3, -0.25) is 15.0 Å². The van der Waals surface area contributed by atoms with Crippen molar-refractivity contribution in [2.75, 3.05) is 0 Å². The topological polar surface area (TPSA) is 63.4 Å². The van der Waals surface area contributed by atoms with E-state index in [2.05, 4.69) is 62.5 Å². The fourth-order valence-electron chi connectivity index (χ4n) is 4.34. The summed E-state index contributed by atoms with van der Waals surface area (Å²) in [4.78, 5) is 12.5. The van der Waals surface area contributed by atoms with Crippen molar-refractivity contribution in [2.45, 2.75) is 0 Å². The first-order chi connectivity index (χ1) is 16.9. The second-order valence-corrected chi connectivity index (χ2v) is 7.90. The Balaban J connectivity index is 1.70. The third-order valence-corrected chi connectivity index (χ3v) is 5.92. The lowest BCUT2D eigenvalue weighted by atomic mass is 9.91. The van der Waals surface area contributed by atoms with Crippen LogP contribution >= 0.6 is 0 Å². The largest absolute Gasteiger partial charge is 0.265 e. The fourth-order valence-corrected chi connectivity index (χ4v) is 4.34. The molecule has 160 valence electrons. The molecule has 34 heavy (non-hydrogen) atoms. The van der Waals surface area contributed by atoms with Crippen LogP contribution in [0.2, 0.25) is 0 Å². The zero-order valence-corrected chi connectivity index (χ0v) is 18.2. The fraction of sp³-hybridized carbons (Fsp3) is 0. The number of fused-ring (bicyclic) bond motifs is 2. The highest BCUT2D eigenvalue weighted by Gasteiger charge is 2.14. The number of benzene rings is 3. The van der Waals surface area contributed by atoms with E-state index in [-0.39, 0.29) is 0 Å². The molecule has 0 aliphatic carbocycles. The van der Waals surface area contributed by atoms with E-state index in [1.807, 2.05) is 61.2 Å². The maximum atomic E-state index is 4.77. The summed E-state index contributed by atoms with van der Waals surface area (Å²) in [7, 11) is 0. The maximum Gasteiger partial charge on any atom is 0.101 e. The first kappa shape index (κ1) is 19.9. The Hall–Kier alpha value is -4.77. The van der Waals surface area contributed by atoms with Gasteiger partial charge in [0.1, 0.15) is 5.69 Å². The summed E-state index contributed by atoms with van der Waals surface area (Å²) in [5, 5.41) is 13.7. The Labute approximate surface area is 196 Å². The second kappa shape index (κ2) is 8.64. The molecule has 0 saturated heterocycles. The van der Waals surface area contributed by atoms with Crippen LogP contribution < -0.4 is 0 Å². The van der Waals surface area contributed by atoms with Crippen LogP contribution in [0.5, 0.6) is 0 Å². The van der Waals surface area contributed by atoms with Crippen LogP contribution in [0.15, 0.2) is 126 Å². The van der Waals surface area contributed by atoms with Crippen LogP contribution in [-0.4, -0.2) is 15.0 Å². The highest BCUT2D eigenvalue weighted by Crippen LogP contribution is 2.42. The van der Waals surface area contributed by atoms with Crippen LogP contribution in [-0.2, 0) is 0 Å². The lowest BCUT2D eigenvalue weighted by Crippen LogP contribution is -1.87. The molecule has 3 heterocycles. The van der Waals surface area contributed by atoms with Crippen LogP contribution in [0, 0.1) is 0 Å². The lowest BCUT2D eigenvalue weighted by molar-refractivity contribution is 1.22. The number of aromatic nitrogens is 3. The van der Waals surface area contributed by atoms with Crippen LogP contribution in [0.4, 0.5) is 11.4 Å². The van der Waals surface area contributed by atoms with Crippen molar-refractivity contribution in [3.05, 3.63) is 116 Å². The summed E-state index contributed by atoms with van der Waals surface area (Å²) < 4.78 is 0. The molecule has 6 aromatic rings. The van der Waals surface area contributed by atoms with Crippen molar-refractivity contribution in [3.8, 4) is 22.3 Å². The van der Waals surface area contributed by atoms with E-state index in [1.54, 1.807) is 12.4 Å². The molecule has 0 saturated carbocycles. The van der Waals surface area contributed by atoms with Gasteiger partial charge in [0.2, 0.25) is 0 Å². The molecule has 0 aliphatic rings. The van der Waals surface area contributed by atoms with Gasteiger partial charge in [0, 0.05) is 48.0 Å². The molecule has 0 aliphatic heterocycles. The van der Waals surface area contributed by atoms with Gasteiger partial charge >= 0.3 is 0 Å². The van der Waals surface area contributed by atoms with E-state index in [1.165, 1.54) is 0 Å². The lowest BCUT2D eigenvalue weighted by Gasteiger charge is -2.14. The summed E-state index contributed by atoms with van der Waals surface area (Å²) in [5.41, 5.74) is 6.09. The molecule has 0 spiro atoms. The normalized spacial score (nSPS) is 11.4. The maximum absolute atomic E-state index is 4.77. The number of nitrogens with zero attached hydrogens (tertiary/aromatic N) is 5. The van der Waals surface area contributed by atoms with Gasteiger partial charge in [-0.2, -0.15) is 5.11 Å². The van der Waals surface area contributed by atoms with Crippen molar-refractivity contribution in [1.82, 2.24) is 15.0 Å². The molecule has 0 N–H and O–H groups in total. The quantitative estimate of drug-likeness (QED) is 0.208. The van der Waals surface area contributed by atoms with E-state index in [4.69, 9.17) is 5.11 Å². The van der Waals surface area contributed by atoms with Gasteiger partial charge in [-0.15, -0.1) is 5.11 Å². The molecule has 0 unspecified atom stereocenters. The average Bonchev–Trinajstić information content (AvgIpc) is 2.92. The molecule has 0 atom stereocenters. The molecule has 5 nitrogen and oxygen atoms in total. The van der Waals surface area contributed by atoms with Gasteiger partial charge in [0.05, 0.1) is 5.69 Å². The third kappa shape index (κ3) is 3.59. The Bertz CT molecular complexity index is 1530. The molecule has 0 fully saturated rings. The van der Waals surface area contributed by atoms with Crippen molar-refractivity contribution >= 4 is 32.9 Å². The summed E-state index contributed by atoms with van der Waals surface area (Å²) in [6.07, 6.45) is 10.7. The summed E-state index contributed by atoms with van der Waals surface area (Å²) in [6.45, 7) is 0. The minimum absolute atomic E-state index is 0.760. The monoisotopic (exact) mass is 437 g/mol. The molecule has 0 radical (unpaired) electrons. The van der Waals surface area contributed by atoms with Crippen molar-refractivity contribution < 1.29 is 0 Å². The summed E-state index contributed by atoms with van der Waals surface area (Å²) >= 11 is 0. The minimum atomic E-state index is 0.760. The zero-order chi connectivity index (χ0) is 22.7. The number of azo groups is 1. The Morgan fingerprint density at radius 3 is 1.41 bits per heavy atom. The van der Waals surface area contributed by atoms with Gasteiger partial charge in [0.25, 0.3) is 0 Å². The zero-order valence-electron chi connectivity index (χ0n) is 18.2. The van der Waals surface area contributed by atoms with Crippen molar-refractivity contribution in [2.24, 2.45) is 10.2 Å². The van der Waals surface area contributed by atoms with Gasteiger partial charge < -0.3 is 0 Å². The number of pyridine rings is 3. The van der Waals surface area contributed by atoms with Crippen molar-refractivity contribution in [3.63, 3.8) is 0 Å². The molecular formula is C29H19N5. The highest BCUT2D eigenvalue weighted by atomic mass is 15.1. The molecular weight excluding hydrogens is 418 g/mol. The van der Waals surface area contributed by atoms with Crippen LogP contribution in [0.1, 0.15) is 0 Å². The van der Waals surface area contributed by atoms with E-state index in [9.17, 15) is 0 Å². The predicted octanol–water partition coefficient (Wildman–Crippen LogP) is 7.93.